The van der Waals surface area contributed by atoms with Gasteiger partial charge in [-0.25, -0.2) is 4.79 Å². The fourth-order valence-electron chi connectivity index (χ4n) is 5.03. The molecule has 3 heterocycles. The molecule has 11 N–H and O–H groups in total. The zero-order chi connectivity index (χ0) is 32.2. The molecule has 3 aliphatic rings. The molecule has 248 valence electrons. The first-order chi connectivity index (χ1) is 20.3. The minimum Gasteiger partial charge on any atom is -0.477 e. The average molecular weight is 632 g/mol. The molecule has 3 fully saturated rings. The summed E-state index contributed by atoms with van der Waals surface area (Å²) in [7, 11) is 1.16. The summed E-state index contributed by atoms with van der Waals surface area (Å²) in [4.78, 5) is 14.9. The molecule has 0 radical (unpaired) electrons. The van der Waals surface area contributed by atoms with Crippen LogP contribution in [0.15, 0.2) is 5.11 Å². The summed E-state index contributed by atoms with van der Waals surface area (Å²) in [5.74, 6) is -5.01. The maximum absolute atomic E-state index is 12.4. The number of rotatable bonds is 12. The highest BCUT2D eigenvalue weighted by Crippen LogP contribution is 2.38. The SMILES string of the molecule is CO[C@@H]1O[C@H](CO)[C@@H](O[C@@H]2O[C@H](CO)[C@H](O)[C@H](O[C@]3(C(=O)O)C[C@H](O)[C@@H](O)[C@H]([C@H](O)[C@H](O)CN=[N+]=[N-])O3)[C@H]2O)[C@H](O)[C@H]1O. The molecule has 16 atom stereocenters. The second kappa shape index (κ2) is 14.9. The van der Waals surface area contributed by atoms with Crippen LogP contribution in [0.2, 0.25) is 0 Å². The fourth-order valence-corrected chi connectivity index (χ4v) is 5.03. The lowest BCUT2D eigenvalue weighted by molar-refractivity contribution is -0.389. The highest BCUT2D eigenvalue weighted by molar-refractivity contribution is 5.76. The first kappa shape index (κ1) is 35.6. The summed E-state index contributed by atoms with van der Waals surface area (Å²) in [6.45, 7) is -2.47. The van der Waals surface area contributed by atoms with Crippen molar-refractivity contribution in [3.05, 3.63) is 10.4 Å². The van der Waals surface area contributed by atoms with E-state index < -0.39 is 130 Å². The summed E-state index contributed by atoms with van der Waals surface area (Å²) in [6.07, 6.45) is -28.8. The molecular weight excluding hydrogens is 594 g/mol. The van der Waals surface area contributed by atoms with Crippen molar-refractivity contribution in [2.45, 2.75) is 104 Å². The van der Waals surface area contributed by atoms with Gasteiger partial charge in [-0.2, -0.15) is 0 Å². The van der Waals surface area contributed by atoms with Gasteiger partial charge in [0.25, 0.3) is 5.79 Å². The first-order valence-corrected chi connectivity index (χ1v) is 13.0. The molecule has 0 aromatic carbocycles. The van der Waals surface area contributed by atoms with Crippen LogP contribution in [0.5, 0.6) is 0 Å². The summed E-state index contributed by atoms with van der Waals surface area (Å²) in [5, 5.41) is 117. The van der Waals surface area contributed by atoms with Gasteiger partial charge in [-0.1, -0.05) is 5.11 Å². The number of carboxylic acid groups (broad SMARTS) is 1. The third-order valence-corrected chi connectivity index (χ3v) is 7.42. The Kier molecular flexibility index (Phi) is 12.4. The number of methoxy groups -OCH3 is 1. The topological polar surface area (TPSA) is 344 Å². The van der Waals surface area contributed by atoms with Crippen LogP contribution in [0, 0.1) is 0 Å². The number of azide groups is 1. The molecule has 0 aromatic rings. The van der Waals surface area contributed by atoms with Gasteiger partial charge >= 0.3 is 5.97 Å². The molecular formula is C22H37N3O18. The Bertz CT molecular complexity index is 974. The molecule has 0 aromatic heterocycles. The van der Waals surface area contributed by atoms with E-state index >= 15 is 0 Å². The third-order valence-electron chi connectivity index (χ3n) is 7.42. The van der Waals surface area contributed by atoms with Gasteiger partial charge in [0.2, 0.25) is 0 Å². The van der Waals surface area contributed by atoms with Gasteiger partial charge in [-0.3, -0.25) is 0 Å². The predicted molar refractivity (Wildman–Crippen MR) is 130 cm³/mol. The van der Waals surface area contributed by atoms with Crippen molar-refractivity contribution in [3.63, 3.8) is 0 Å². The highest BCUT2D eigenvalue weighted by Gasteiger charge is 2.59. The number of carboxylic acids is 1. The van der Waals surface area contributed by atoms with E-state index in [0.29, 0.717) is 0 Å². The first-order valence-electron chi connectivity index (χ1n) is 13.0. The number of hydrogen-bond donors (Lipinski definition) is 11. The van der Waals surface area contributed by atoms with Crippen molar-refractivity contribution in [1.82, 2.24) is 0 Å². The van der Waals surface area contributed by atoms with Gasteiger partial charge in [0.05, 0.1) is 32.0 Å². The second-order valence-corrected chi connectivity index (χ2v) is 10.2. The zero-order valence-corrected chi connectivity index (χ0v) is 22.6. The Balaban J connectivity index is 1.90. The lowest BCUT2D eigenvalue weighted by Crippen LogP contribution is -2.69. The van der Waals surface area contributed by atoms with E-state index in [0.717, 1.165) is 7.11 Å². The zero-order valence-electron chi connectivity index (χ0n) is 22.6. The van der Waals surface area contributed by atoms with Gasteiger partial charge in [-0.15, -0.1) is 0 Å². The molecule has 21 heteroatoms. The molecule has 3 aliphatic heterocycles. The van der Waals surface area contributed by atoms with Crippen LogP contribution < -0.4 is 0 Å². The van der Waals surface area contributed by atoms with Gasteiger partial charge in [0.1, 0.15) is 67.1 Å². The summed E-state index contributed by atoms with van der Waals surface area (Å²) >= 11 is 0. The van der Waals surface area contributed by atoms with E-state index in [4.69, 9.17) is 34.0 Å². The van der Waals surface area contributed by atoms with Crippen LogP contribution >= 0.6 is 0 Å². The molecule has 0 saturated carbocycles. The molecule has 0 aliphatic carbocycles. The molecule has 21 nitrogen and oxygen atoms in total. The van der Waals surface area contributed by atoms with Crippen molar-refractivity contribution in [3.8, 4) is 0 Å². The van der Waals surface area contributed by atoms with Gasteiger partial charge in [0, 0.05) is 18.4 Å². The summed E-state index contributed by atoms with van der Waals surface area (Å²) < 4.78 is 32.0. The quantitative estimate of drug-likeness (QED) is 0.0541. The molecule has 43 heavy (non-hydrogen) atoms. The number of hydrogen-bond acceptors (Lipinski definition) is 18. The van der Waals surface area contributed by atoms with E-state index in [1.165, 1.54) is 0 Å². The van der Waals surface area contributed by atoms with Gasteiger partial charge < -0.3 is 84.6 Å². The number of aliphatic carboxylic acids is 1. The maximum Gasteiger partial charge on any atom is 0.364 e. The fraction of sp³-hybridized carbons (Fsp3) is 0.955. The summed E-state index contributed by atoms with van der Waals surface area (Å²) in [6, 6.07) is 0. The standard InChI is InChI=1S/C22H37N3O18/c1-38-19-14(34)13(33)16(9(5-27)40-19)41-20-15(35)18(12(32)8(4-26)39-20)43-22(21(36)37)2-6(28)10(30)17(42-22)11(31)7(29)3-24-25-23/h6-20,26-35H,2-5H2,1H3,(H,36,37)/t6-,7+,8+,9+,10+,11+,12-,13+,14+,15+,16+,17+,18-,19+,20-,22-/m0/s1. The highest BCUT2D eigenvalue weighted by atomic mass is 16.8. The molecule has 0 spiro atoms. The van der Waals surface area contributed by atoms with Crippen LogP contribution in [0.1, 0.15) is 6.42 Å². The minimum atomic E-state index is -3.03. The smallest absolute Gasteiger partial charge is 0.364 e. The number of nitrogens with zero attached hydrogens (tertiary/aromatic N) is 3. The number of aliphatic hydroxyl groups is 10. The normalized spacial score (nSPS) is 45.1. The van der Waals surface area contributed by atoms with E-state index in [2.05, 4.69) is 10.0 Å². The van der Waals surface area contributed by atoms with E-state index in [1.807, 2.05) is 0 Å². The largest absolute Gasteiger partial charge is 0.477 e. The molecule has 3 saturated heterocycles. The van der Waals surface area contributed by atoms with Crippen molar-refractivity contribution in [2.75, 3.05) is 26.9 Å². The molecule has 0 amide bonds. The monoisotopic (exact) mass is 631 g/mol. The lowest BCUT2D eigenvalue weighted by atomic mass is 9.90. The number of aliphatic hydroxyl groups excluding tert-OH is 10. The Labute approximate surface area is 242 Å². The summed E-state index contributed by atoms with van der Waals surface area (Å²) in [5.41, 5.74) is 8.45. The molecule has 0 bridgehead atoms. The van der Waals surface area contributed by atoms with Crippen LogP contribution in [0.3, 0.4) is 0 Å². The van der Waals surface area contributed by atoms with E-state index in [1.54, 1.807) is 0 Å². The van der Waals surface area contributed by atoms with Crippen LogP contribution in [0.25, 0.3) is 10.4 Å². The average Bonchev–Trinajstić information content (AvgIpc) is 2.98. The van der Waals surface area contributed by atoms with E-state index in [9.17, 15) is 61.0 Å². The van der Waals surface area contributed by atoms with Gasteiger partial charge in [-0.05, 0) is 5.53 Å². The van der Waals surface area contributed by atoms with Gasteiger partial charge in [0.15, 0.2) is 12.6 Å². The third kappa shape index (κ3) is 7.35. The number of ether oxygens (including phenoxy) is 6. The van der Waals surface area contributed by atoms with Crippen LogP contribution in [-0.2, 0) is 33.2 Å². The number of carbonyl (C=O) groups is 1. The lowest BCUT2D eigenvalue weighted by Gasteiger charge is -2.50. The second-order valence-electron chi connectivity index (χ2n) is 10.2. The van der Waals surface area contributed by atoms with Crippen molar-refractivity contribution < 1.29 is 89.4 Å². The van der Waals surface area contributed by atoms with Crippen molar-refractivity contribution in [1.29, 1.82) is 0 Å². The Morgan fingerprint density at radius 3 is 2.14 bits per heavy atom. The predicted octanol–water partition coefficient (Wildman–Crippen LogP) is -6.40. The van der Waals surface area contributed by atoms with Crippen molar-refractivity contribution in [2.24, 2.45) is 5.11 Å². The van der Waals surface area contributed by atoms with Crippen LogP contribution in [0.4, 0.5) is 0 Å². The Morgan fingerprint density at radius 1 is 0.953 bits per heavy atom. The Morgan fingerprint density at radius 2 is 1.58 bits per heavy atom. The van der Waals surface area contributed by atoms with E-state index in [-0.39, 0.29) is 0 Å². The molecule has 0 unspecified atom stereocenters. The molecule has 3 rings (SSSR count). The Hall–Kier alpha value is -1.86. The van der Waals surface area contributed by atoms with Crippen LogP contribution in [-0.4, -0.2) is 187 Å². The van der Waals surface area contributed by atoms with Crippen molar-refractivity contribution >= 4 is 5.97 Å². The minimum absolute atomic E-state index is 0.735. The maximum atomic E-state index is 12.4.